The van der Waals surface area contributed by atoms with E-state index < -0.39 is 0 Å². The molecule has 2 aromatic heterocycles. The van der Waals surface area contributed by atoms with E-state index in [1.807, 2.05) is 42.5 Å². The van der Waals surface area contributed by atoms with Crippen molar-refractivity contribution in [1.82, 2.24) is 15.0 Å². The fourth-order valence-corrected chi connectivity index (χ4v) is 3.46. The van der Waals surface area contributed by atoms with Crippen molar-refractivity contribution in [2.24, 2.45) is 0 Å². The molecule has 0 spiro atoms. The van der Waals surface area contributed by atoms with Crippen molar-refractivity contribution in [3.8, 4) is 17.4 Å². The first-order chi connectivity index (χ1) is 13.2. The monoisotopic (exact) mass is 376 g/mol. The van der Waals surface area contributed by atoms with Gasteiger partial charge in [0.1, 0.15) is 28.5 Å². The van der Waals surface area contributed by atoms with Gasteiger partial charge in [-0.15, -0.1) is 0 Å². The summed E-state index contributed by atoms with van der Waals surface area (Å²) in [6, 6.07) is 17.1. The van der Waals surface area contributed by atoms with Crippen LogP contribution < -0.4 is 15.2 Å². The van der Waals surface area contributed by atoms with Crippen LogP contribution in [0.5, 0.6) is 17.4 Å². The average Bonchev–Trinajstić information content (AvgIpc) is 2.72. The summed E-state index contributed by atoms with van der Waals surface area (Å²) in [5, 5.41) is 1.68. The Kier molecular flexibility index (Phi) is 4.76. The highest BCUT2D eigenvalue weighted by Gasteiger charge is 2.13. The molecule has 0 bridgehead atoms. The number of nitrogens with two attached hydrogens (primary N) is 1. The lowest BCUT2D eigenvalue weighted by atomic mass is 10.2. The summed E-state index contributed by atoms with van der Waals surface area (Å²) in [5.41, 5.74) is 7.55. The van der Waals surface area contributed by atoms with Crippen molar-refractivity contribution in [3.63, 3.8) is 0 Å². The number of hydrogen-bond acceptors (Lipinski definition) is 7. The molecular weight excluding hydrogens is 360 g/mol. The zero-order valence-electron chi connectivity index (χ0n) is 14.5. The first-order valence-electron chi connectivity index (χ1n) is 8.18. The van der Waals surface area contributed by atoms with Gasteiger partial charge in [0.2, 0.25) is 5.88 Å². The number of para-hydroxylation sites is 1. The molecule has 0 aliphatic rings. The van der Waals surface area contributed by atoms with E-state index in [0.717, 1.165) is 21.5 Å². The normalized spacial score (nSPS) is 10.7. The highest BCUT2D eigenvalue weighted by molar-refractivity contribution is 7.99. The van der Waals surface area contributed by atoms with Crippen LogP contribution in [0.1, 0.15) is 0 Å². The number of rotatable bonds is 5. The van der Waals surface area contributed by atoms with E-state index in [4.69, 9.17) is 15.2 Å². The van der Waals surface area contributed by atoms with Crippen molar-refractivity contribution < 1.29 is 9.47 Å². The lowest BCUT2D eigenvalue weighted by Crippen LogP contribution is -1.99. The van der Waals surface area contributed by atoms with E-state index >= 15 is 0 Å². The maximum Gasteiger partial charge on any atom is 0.247 e. The second kappa shape index (κ2) is 7.51. The Balaban J connectivity index is 1.63. The average molecular weight is 376 g/mol. The minimum Gasteiger partial charge on any atom is -0.497 e. The van der Waals surface area contributed by atoms with Crippen molar-refractivity contribution in [2.45, 2.75) is 9.92 Å². The highest BCUT2D eigenvalue weighted by atomic mass is 32.2. The molecule has 0 aliphatic carbocycles. The second-order valence-electron chi connectivity index (χ2n) is 5.61. The van der Waals surface area contributed by atoms with E-state index in [0.29, 0.717) is 22.3 Å². The first-order valence-corrected chi connectivity index (χ1v) is 9.00. The van der Waals surface area contributed by atoms with E-state index in [2.05, 4.69) is 15.0 Å². The molecule has 2 heterocycles. The van der Waals surface area contributed by atoms with E-state index in [1.54, 1.807) is 25.4 Å². The lowest BCUT2D eigenvalue weighted by molar-refractivity contribution is 0.412. The summed E-state index contributed by atoms with van der Waals surface area (Å²) in [4.78, 5) is 13.9. The predicted molar refractivity (Wildman–Crippen MR) is 105 cm³/mol. The van der Waals surface area contributed by atoms with Gasteiger partial charge in [-0.1, -0.05) is 30.0 Å². The van der Waals surface area contributed by atoms with Crippen LogP contribution in [0.15, 0.2) is 77.0 Å². The number of hydrogen-bond donors (Lipinski definition) is 1. The Morgan fingerprint density at radius 1 is 0.889 bits per heavy atom. The van der Waals surface area contributed by atoms with Gasteiger partial charge in [0.15, 0.2) is 0 Å². The largest absolute Gasteiger partial charge is 0.497 e. The molecule has 0 fully saturated rings. The number of aromatic nitrogens is 3. The molecule has 0 aliphatic heterocycles. The number of ether oxygens (including phenoxy) is 2. The number of fused-ring (bicyclic) bond motifs is 1. The molecule has 0 saturated carbocycles. The molecule has 4 aromatic rings. The third kappa shape index (κ3) is 3.63. The summed E-state index contributed by atoms with van der Waals surface area (Å²) in [7, 11) is 1.61. The van der Waals surface area contributed by atoms with E-state index in [9.17, 15) is 0 Å². The Morgan fingerprint density at radius 2 is 1.67 bits per heavy atom. The van der Waals surface area contributed by atoms with Gasteiger partial charge in [-0.05, 0) is 36.4 Å². The molecular formula is C20H16N4O2S. The van der Waals surface area contributed by atoms with Gasteiger partial charge < -0.3 is 15.2 Å². The maximum absolute atomic E-state index is 6.26. The van der Waals surface area contributed by atoms with Crippen molar-refractivity contribution >= 4 is 28.4 Å². The Bertz CT molecular complexity index is 1080. The molecule has 0 amide bonds. The summed E-state index contributed by atoms with van der Waals surface area (Å²) in [6.07, 6.45) is 3.21. The first kappa shape index (κ1) is 17.1. The number of methoxy groups -OCH3 is 1. The Morgan fingerprint density at radius 3 is 2.48 bits per heavy atom. The minimum absolute atomic E-state index is 0.311. The van der Waals surface area contributed by atoms with Crippen LogP contribution in [0.4, 0.5) is 5.69 Å². The SMILES string of the molecule is COc1ccc(Oc2ncnc(Sc3cccc4cccnc34)c2N)cc1. The number of nitrogens with zero attached hydrogens (tertiary/aromatic N) is 3. The van der Waals surface area contributed by atoms with Crippen LogP contribution in [0.25, 0.3) is 10.9 Å². The van der Waals surface area contributed by atoms with Gasteiger partial charge in [-0.3, -0.25) is 4.98 Å². The standard InChI is InChI=1S/C20H16N4O2S/c1-25-14-7-9-15(10-8-14)26-19-17(21)20(24-12-23-19)27-16-6-2-4-13-5-3-11-22-18(13)16/h2-12H,21H2,1H3. The number of nitrogen functional groups attached to an aromatic ring is 1. The molecule has 0 atom stereocenters. The van der Waals surface area contributed by atoms with Crippen molar-refractivity contribution in [3.05, 3.63) is 67.1 Å². The topological polar surface area (TPSA) is 83.2 Å². The van der Waals surface area contributed by atoms with Gasteiger partial charge in [0.05, 0.1) is 12.6 Å². The second-order valence-corrected chi connectivity index (χ2v) is 6.64. The zero-order chi connectivity index (χ0) is 18.6. The van der Waals surface area contributed by atoms with E-state index in [-0.39, 0.29) is 0 Å². The molecule has 2 N–H and O–H groups in total. The third-order valence-corrected chi connectivity index (χ3v) is 4.96. The number of anilines is 1. The summed E-state index contributed by atoms with van der Waals surface area (Å²) in [6.45, 7) is 0. The fraction of sp³-hybridized carbons (Fsp3) is 0.0500. The molecule has 0 radical (unpaired) electrons. The van der Waals surface area contributed by atoms with E-state index in [1.165, 1.54) is 18.1 Å². The van der Waals surface area contributed by atoms with Crippen LogP contribution in [0.3, 0.4) is 0 Å². The van der Waals surface area contributed by atoms with Crippen LogP contribution >= 0.6 is 11.8 Å². The molecule has 4 rings (SSSR count). The zero-order valence-corrected chi connectivity index (χ0v) is 15.3. The maximum atomic E-state index is 6.26. The van der Waals surface area contributed by atoms with Crippen molar-refractivity contribution in [2.75, 3.05) is 12.8 Å². The number of benzene rings is 2. The van der Waals surface area contributed by atoms with Crippen molar-refractivity contribution in [1.29, 1.82) is 0 Å². The Labute approximate surface area is 160 Å². The summed E-state index contributed by atoms with van der Waals surface area (Å²) < 4.78 is 11.0. The molecule has 27 heavy (non-hydrogen) atoms. The van der Waals surface area contributed by atoms with Crippen LogP contribution in [0, 0.1) is 0 Å². The predicted octanol–water partition coefficient (Wildman–Crippen LogP) is 4.56. The van der Waals surface area contributed by atoms with Gasteiger partial charge in [0, 0.05) is 16.5 Å². The van der Waals surface area contributed by atoms with Crippen LogP contribution in [0.2, 0.25) is 0 Å². The summed E-state index contributed by atoms with van der Waals surface area (Å²) >= 11 is 1.44. The van der Waals surface area contributed by atoms with Gasteiger partial charge in [0.25, 0.3) is 0 Å². The van der Waals surface area contributed by atoms with Gasteiger partial charge in [-0.25, -0.2) is 4.98 Å². The van der Waals surface area contributed by atoms with Crippen LogP contribution in [-0.4, -0.2) is 22.1 Å². The summed E-state index contributed by atoms with van der Waals surface area (Å²) in [5.74, 6) is 1.67. The molecule has 0 unspecified atom stereocenters. The lowest BCUT2D eigenvalue weighted by Gasteiger charge is -2.11. The molecule has 6 nitrogen and oxygen atoms in total. The van der Waals surface area contributed by atoms with Gasteiger partial charge >= 0.3 is 0 Å². The Hall–Kier alpha value is -3.32. The molecule has 2 aromatic carbocycles. The molecule has 7 heteroatoms. The minimum atomic E-state index is 0.311. The molecule has 0 saturated heterocycles. The number of pyridine rings is 1. The van der Waals surface area contributed by atoms with Crippen LogP contribution in [-0.2, 0) is 0 Å². The quantitative estimate of drug-likeness (QED) is 0.511. The molecule has 134 valence electrons. The fourth-order valence-electron chi connectivity index (χ4n) is 2.55. The third-order valence-electron chi connectivity index (χ3n) is 3.89. The van der Waals surface area contributed by atoms with Gasteiger partial charge in [-0.2, -0.15) is 4.98 Å². The highest BCUT2D eigenvalue weighted by Crippen LogP contribution is 2.38. The smallest absolute Gasteiger partial charge is 0.247 e.